The first-order valence-electron chi connectivity index (χ1n) is 8.60. The van der Waals surface area contributed by atoms with Gasteiger partial charge >= 0.3 is 5.97 Å². The molecule has 28 heavy (non-hydrogen) atoms. The van der Waals surface area contributed by atoms with E-state index in [0.29, 0.717) is 0 Å². The Bertz CT molecular complexity index is 932. The fraction of sp³-hybridized carbons (Fsp3) is 0.316. The summed E-state index contributed by atoms with van der Waals surface area (Å²) < 4.78 is 0. The summed E-state index contributed by atoms with van der Waals surface area (Å²) >= 11 is 0. The smallest absolute Gasteiger partial charge is 0.323 e. The highest BCUT2D eigenvalue weighted by atomic mass is 16.4. The first-order valence-corrected chi connectivity index (χ1v) is 8.60. The average molecular weight is 383 g/mol. The van der Waals surface area contributed by atoms with E-state index in [1.165, 1.54) is 23.1 Å². The summed E-state index contributed by atoms with van der Waals surface area (Å²) in [6, 6.07) is 3.44. The number of fused-ring (bicyclic) bond motifs is 1. The van der Waals surface area contributed by atoms with Crippen molar-refractivity contribution >= 4 is 35.3 Å². The summed E-state index contributed by atoms with van der Waals surface area (Å²) in [6.07, 6.45) is 5.58. The second kappa shape index (κ2) is 7.52. The molecule has 0 bridgehead atoms. The second-order valence-electron chi connectivity index (χ2n) is 6.42. The molecule has 1 aromatic carbocycles. The van der Waals surface area contributed by atoms with Crippen LogP contribution in [0.15, 0.2) is 18.2 Å². The number of terminal acetylenes is 1. The van der Waals surface area contributed by atoms with E-state index in [2.05, 4.69) is 11.2 Å². The van der Waals surface area contributed by atoms with Crippen molar-refractivity contribution in [2.75, 3.05) is 18.0 Å². The fourth-order valence-electron chi connectivity index (χ4n) is 3.41. The van der Waals surface area contributed by atoms with Crippen molar-refractivity contribution < 1.29 is 29.1 Å². The molecule has 1 fully saturated rings. The van der Waals surface area contributed by atoms with Crippen molar-refractivity contribution in [3.8, 4) is 12.3 Å². The Balaban J connectivity index is 2.00. The maximum absolute atomic E-state index is 13.0. The number of nitrogens with zero attached hydrogens (tertiary/aromatic N) is 2. The van der Waals surface area contributed by atoms with Gasteiger partial charge in [-0.15, -0.1) is 12.3 Å². The van der Waals surface area contributed by atoms with E-state index in [4.69, 9.17) is 6.42 Å². The lowest BCUT2D eigenvalue weighted by atomic mass is 10.0. The molecule has 3 rings (SSSR count). The number of nitrogens with one attached hydrogen (secondary N) is 1. The van der Waals surface area contributed by atoms with Gasteiger partial charge in [0.25, 0.3) is 11.8 Å². The number of hydrogen-bond acceptors (Lipinski definition) is 6. The van der Waals surface area contributed by atoms with Crippen LogP contribution in [0.1, 0.15) is 40.0 Å². The third kappa shape index (κ3) is 3.32. The molecule has 4 amide bonds. The van der Waals surface area contributed by atoms with Crippen LogP contribution in [-0.4, -0.2) is 58.7 Å². The molecule has 1 unspecified atom stereocenters. The normalized spacial score (nSPS) is 18.5. The molecule has 9 nitrogen and oxygen atoms in total. The van der Waals surface area contributed by atoms with E-state index in [1.54, 1.807) is 0 Å². The number of hydrogen-bond donors (Lipinski definition) is 2. The number of carboxylic acid groups (broad SMARTS) is 1. The van der Waals surface area contributed by atoms with Gasteiger partial charge in [-0.25, -0.2) is 0 Å². The monoisotopic (exact) mass is 383 g/mol. The highest BCUT2D eigenvalue weighted by Gasteiger charge is 2.46. The Morgan fingerprint density at radius 1 is 1.29 bits per heavy atom. The molecule has 0 radical (unpaired) electrons. The topological polar surface area (TPSA) is 124 Å². The molecule has 1 aromatic rings. The van der Waals surface area contributed by atoms with Crippen LogP contribution in [-0.2, 0) is 14.4 Å². The Hall–Kier alpha value is -3.67. The van der Waals surface area contributed by atoms with Crippen molar-refractivity contribution in [2.24, 2.45) is 0 Å². The molecule has 0 saturated carbocycles. The van der Waals surface area contributed by atoms with Crippen molar-refractivity contribution in [3.63, 3.8) is 0 Å². The van der Waals surface area contributed by atoms with Crippen LogP contribution in [0.25, 0.3) is 0 Å². The van der Waals surface area contributed by atoms with Gasteiger partial charge in [-0.2, -0.15) is 0 Å². The highest BCUT2D eigenvalue weighted by molar-refractivity contribution is 6.25. The number of carbonyl (C=O) groups excluding carboxylic acids is 4. The third-order valence-electron chi connectivity index (χ3n) is 4.64. The summed E-state index contributed by atoms with van der Waals surface area (Å²) in [5.74, 6) is -1.21. The number of amides is 4. The Labute approximate surface area is 160 Å². The summed E-state index contributed by atoms with van der Waals surface area (Å²) in [7, 11) is 0. The Morgan fingerprint density at radius 3 is 2.68 bits per heavy atom. The fourth-order valence-corrected chi connectivity index (χ4v) is 3.41. The first kappa shape index (κ1) is 19.1. The zero-order valence-corrected chi connectivity index (χ0v) is 14.8. The van der Waals surface area contributed by atoms with Crippen LogP contribution in [0, 0.1) is 12.3 Å². The Morgan fingerprint density at radius 2 is 2.04 bits per heavy atom. The summed E-state index contributed by atoms with van der Waals surface area (Å²) in [5, 5.41) is 11.3. The van der Waals surface area contributed by atoms with Gasteiger partial charge in [0, 0.05) is 19.4 Å². The van der Waals surface area contributed by atoms with Gasteiger partial charge in [0.15, 0.2) is 0 Å². The van der Waals surface area contributed by atoms with E-state index in [1.807, 2.05) is 0 Å². The van der Waals surface area contributed by atoms with Gasteiger partial charge in [-0.1, -0.05) is 6.07 Å². The molecular formula is C19H17N3O6. The summed E-state index contributed by atoms with van der Waals surface area (Å²) in [5.41, 5.74) is 0.391. The number of imide groups is 2. The third-order valence-corrected chi connectivity index (χ3v) is 4.64. The van der Waals surface area contributed by atoms with Gasteiger partial charge in [0.1, 0.15) is 12.6 Å². The maximum atomic E-state index is 13.0. The number of carboxylic acids is 1. The van der Waals surface area contributed by atoms with E-state index in [0.717, 1.165) is 4.90 Å². The SMILES string of the molecule is C#CCCN(CC(=O)O)c1cccc2c1C(=O)N(C1CCC(=O)NC1=O)C2=O. The lowest BCUT2D eigenvalue weighted by Gasteiger charge is -2.28. The lowest BCUT2D eigenvalue weighted by Crippen LogP contribution is -2.54. The van der Waals surface area contributed by atoms with Crippen LogP contribution in [0.5, 0.6) is 0 Å². The molecule has 0 spiro atoms. The molecule has 144 valence electrons. The van der Waals surface area contributed by atoms with Crippen molar-refractivity contribution in [3.05, 3.63) is 29.3 Å². The van der Waals surface area contributed by atoms with Crippen LogP contribution < -0.4 is 10.2 Å². The molecule has 9 heteroatoms. The van der Waals surface area contributed by atoms with Crippen molar-refractivity contribution in [1.29, 1.82) is 0 Å². The minimum Gasteiger partial charge on any atom is -0.480 e. The Kier molecular flexibility index (Phi) is 5.13. The van der Waals surface area contributed by atoms with Gasteiger partial charge in [0.05, 0.1) is 16.8 Å². The van der Waals surface area contributed by atoms with Crippen LogP contribution in [0.4, 0.5) is 5.69 Å². The lowest BCUT2D eigenvalue weighted by molar-refractivity contribution is -0.137. The molecule has 2 N–H and O–H groups in total. The number of rotatable bonds is 6. The number of carbonyl (C=O) groups is 5. The average Bonchev–Trinajstić information content (AvgIpc) is 2.90. The predicted octanol–water partition coefficient (Wildman–Crippen LogP) is 0.00210. The van der Waals surface area contributed by atoms with Gasteiger partial charge in [-0.3, -0.25) is 34.2 Å². The largest absolute Gasteiger partial charge is 0.480 e. The zero-order chi connectivity index (χ0) is 20.4. The van der Waals surface area contributed by atoms with Crippen molar-refractivity contribution in [2.45, 2.75) is 25.3 Å². The van der Waals surface area contributed by atoms with Crippen LogP contribution in [0.2, 0.25) is 0 Å². The molecule has 0 aromatic heterocycles. The number of anilines is 1. The number of benzene rings is 1. The highest BCUT2D eigenvalue weighted by Crippen LogP contribution is 2.34. The van der Waals surface area contributed by atoms with Crippen molar-refractivity contribution in [1.82, 2.24) is 10.2 Å². The van der Waals surface area contributed by atoms with Crippen LogP contribution >= 0.6 is 0 Å². The first-order chi connectivity index (χ1) is 13.3. The number of piperidine rings is 1. The van der Waals surface area contributed by atoms with Crippen LogP contribution in [0.3, 0.4) is 0 Å². The van der Waals surface area contributed by atoms with Gasteiger partial charge < -0.3 is 10.0 Å². The molecule has 1 atom stereocenters. The van der Waals surface area contributed by atoms with E-state index in [9.17, 15) is 29.1 Å². The van der Waals surface area contributed by atoms with E-state index >= 15 is 0 Å². The molecule has 1 saturated heterocycles. The minimum absolute atomic E-state index is 0.0178. The molecule has 0 aliphatic carbocycles. The summed E-state index contributed by atoms with van der Waals surface area (Å²) in [4.78, 5) is 62.9. The van der Waals surface area contributed by atoms with Gasteiger partial charge in [0.2, 0.25) is 11.8 Å². The molecule has 2 aliphatic heterocycles. The molecule has 2 heterocycles. The zero-order valence-electron chi connectivity index (χ0n) is 14.8. The number of aliphatic carboxylic acids is 1. The van der Waals surface area contributed by atoms with E-state index in [-0.39, 0.29) is 42.6 Å². The van der Waals surface area contributed by atoms with E-state index < -0.39 is 42.2 Å². The second-order valence-corrected chi connectivity index (χ2v) is 6.42. The predicted molar refractivity (Wildman–Crippen MR) is 96.4 cm³/mol. The summed E-state index contributed by atoms with van der Waals surface area (Å²) in [6.45, 7) is -0.225. The van der Waals surface area contributed by atoms with Gasteiger partial charge in [-0.05, 0) is 18.6 Å². The minimum atomic E-state index is -1.12. The maximum Gasteiger partial charge on any atom is 0.323 e. The molecule has 2 aliphatic rings. The molecular weight excluding hydrogens is 366 g/mol. The standard InChI is InChI=1S/C19H17N3O6/c1-2-3-9-21(10-15(24)25)12-6-4-5-11-16(12)19(28)22(18(11)27)13-7-8-14(23)20-17(13)26/h1,4-6,13H,3,7-10H2,(H,24,25)(H,20,23,26). The quantitative estimate of drug-likeness (QED) is 0.523.